The van der Waals surface area contributed by atoms with E-state index in [1.165, 1.54) is 6.33 Å². The molecule has 18 heavy (non-hydrogen) atoms. The Bertz CT molecular complexity index is 537. The molecule has 1 aliphatic rings. The zero-order chi connectivity index (χ0) is 12.4. The molecule has 7 heteroatoms. The molecule has 0 radical (unpaired) electrons. The van der Waals surface area contributed by atoms with Crippen LogP contribution in [0.4, 0.5) is 0 Å². The van der Waals surface area contributed by atoms with Crippen LogP contribution in [0.5, 0.6) is 0 Å². The number of aliphatic hydroxyl groups is 1. The highest BCUT2D eigenvalue weighted by molar-refractivity contribution is 7.99. The number of aromatic nitrogens is 4. The van der Waals surface area contributed by atoms with E-state index in [0.717, 1.165) is 36.5 Å². The van der Waals surface area contributed by atoms with E-state index in [0.29, 0.717) is 11.4 Å². The SMILES string of the molecule is OC1(CSc2ncnc3nc[nH]c23)CCNCC1. The summed E-state index contributed by atoms with van der Waals surface area (Å²) >= 11 is 1.56. The van der Waals surface area contributed by atoms with Crippen molar-refractivity contribution in [2.75, 3.05) is 18.8 Å². The number of hydrogen-bond acceptors (Lipinski definition) is 6. The predicted octanol–water partition coefficient (Wildman–Crippen LogP) is 0.559. The van der Waals surface area contributed by atoms with Gasteiger partial charge in [0.2, 0.25) is 0 Å². The highest BCUT2D eigenvalue weighted by Gasteiger charge is 2.29. The summed E-state index contributed by atoms with van der Waals surface area (Å²) in [5.41, 5.74) is 0.928. The minimum atomic E-state index is -0.590. The Morgan fingerprint density at radius 3 is 2.94 bits per heavy atom. The Morgan fingerprint density at radius 2 is 2.11 bits per heavy atom. The highest BCUT2D eigenvalue weighted by atomic mass is 32.2. The highest BCUT2D eigenvalue weighted by Crippen LogP contribution is 2.29. The normalized spacial score (nSPS) is 19.2. The van der Waals surface area contributed by atoms with Gasteiger partial charge in [0.05, 0.1) is 11.9 Å². The van der Waals surface area contributed by atoms with Crippen LogP contribution in [0.1, 0.15) is 12.8 Å². The summed E-state index contributed by atoms with van der Waals surface area (Å²) in [5.74, 6) is 0.653. The summed E-state index contributed by atoms with van der Waals surface area (Å²) in [6.07, 6.45) is 4.70. The minimum absolute atomic E-state index is 0.590. The molecule has 2 aromatic rings. The van der Waals surface area contributed by atoms with Gasteiger partial charge in [-0.15, -0.1) is 11.8 Å². The maximum Gasteiger partial charge on any atom is 0.181 e. The lowest BCUT2D eigenvalue weighted by atomic mass is 9.95. The second-order valence-corrected chi connectivity index (χ2v) is 5.51. The fraction of sp³-hybridized carbons (Fsp3) is 0.545. The largest absolute Gasteiger partial charge is 0.389 e. The van der Waals surface area contributed by atoms with E-state index >= 15 is 0 Å². The Kier molecular flexibility index (Phi) is 3.19. The van der Waals surface area contributed by atoms with Crippen LogP contribution in [0.3, 0.4) is 0 Å². The summed E-state index contributed by atoms with van der Waals surface area (Å²) in [6.45, 7) is 1.75. The third-order valence-electron chi connectivity index (χ3n) is 3.20. The molecule has 0 spiro atoms. The zero-order valence-electron chi connectivity index (χ0n) is 9.89. The van der Waals surface area contributed by atoms with E-state index in [9.17, 15) is 5.11 Å². The molecule has 0 amide bonds. The van der Waals surface area contributed by atoms with Gasteiger partial charge >= 0.3 is 0 Å². The number of piperidine rings is 1. The summed E-state index contributed by atoms with van der Waals surface area (Å²) in [7, 11) is 0. The maximum absolute atomic E-state index is 10.4. The lowest BCUT2D eigenvalue weighted by Gasteiger charge is -2.32. The molecular weight excluding hydrogens is 250 g/mol. The fourth-order valence-electron chi connectivity index (χ4n) is 2.09. The molecular formula is C11H15N5OS. The van der Waals surface area contributed by atoms with Gasteiger partial charge in [0.25, 0.3) is 0 Å². The van der Waals surface area contributed by atoms with Gasteiger partial charge in [-0.1, -0.05) is 0 Å². The first-order valence-corrected chi connectivity index (χ1v) is 6.95. The third kappa shape index (κ3) is 2.33. The van der Waals surface area contributed by atoms with Crippen LogP contribution in [-0.2, 0) is 0 Å². The number of fused-ring (bicyclic) bond motifs is 1. The average Bonchev–Trinajstić information content (AvgIpc) is 2.86. The fourth-order valence-corrected chi connectivity index (χ4v) is 3.20. The first kappa shape index (κ1) is 11.9. The maximum atomic E-state index is 10.4. The third-order valence-corrected chi connectivity index (χ3v) is 4.46. The van der Waals surface area contributed by atoms with E-state index in [2.05, 4.69) is 25.3 Å². The molecule has 0 unspecified atom stereocenters. The summed E-state index contributed by atoms with van der Waals surface area (Å²) in [4.78, 5) is 15.5. The van der Waals surface area contributed by atoms with Gasteiger partial charge in [0.15, 0.2) is 5.65 Å². The Morgan fingerprint density at radius 1 is 1.28 bits per heavy atom. The van der Waals surface area contributed by atoms with Crippen LogP contribution >= 0.6 is 11.8 Å². The van der Waals surface area contributed by atoms with Gasteiger partial charge in [0, 0.05) is 5.75 Å². The van der Waals surface area contributed by atoms with Crippen molar-refractivity contribution in [1.29, 1.82) is 0 Å². The van der Waals surface area contributed by atoms with Gasteiger partial charge in [-0.25, -0.2) is 15.0 Å². The number of hydrogen-bond donors (Lipinski definition) is 3. The molecule has 0 aromatic carbocycles. The zero-order valence-corrected chi connectivity index (χ0v) is 10.7. The number of nitrogens with one attached hydrogen (secondary N) is 2. The van der Waals surface area contributed by atoms with Crippen molar-refractivity contribution in [2.24, 2.45) is 0 Å². The topological polar surface area (TPSA) is 86.7 Å². The molecule has 3 heterocycles. The van der Waals surface area contributed by atoms with Crippen molar-refractivity contribution in [1.82, 2.24) is 25.3 Å². The van der Waals surface area contributed by atoms with Crippen molar-refractivity contribution >= 4 is 22.9 Å². The first-order chi connectivity index (χ1) is 8.77. The monoisotopic (exact) mass is 265 g/mol. The van der Waals surface area contributed by atoms with Gasteiger partial charge in [-0.3, -0.25) is 0 Å². The summed E-state index contributed by atoms with van der Waals surface area (Å²) in [5, 5.41) is 14.5. The molecule has 0 atom stereocenters. The van der Waals surface area contributed by atoms with Crippen molar-refractivity contribution in [3.63, 3.8) is 0 Å². The number of imidazole rings is 1. The molecule has 3 rings (SSSR count). The molecule has 1 fully saturated rings. The number of thioether (sulfide) groups is 1. The predicted molar refractivity (Wildman–Crippen MR) is 69.5 cm³/mol. The van der Waals surface area contributed by atoms with E-state index < -0.39 is 5.60 Å². The molecule has 96 valence electrons. The number of rotatable bonds is 3. The number of aromatic amines is 1. The average molecular weight is 265 g/mol. The standard InChI is InChI=1S/C11H15N5OS/c17-11(1-3-12-4-2-11)5-18-10-8-9(14-6-13-8)15-7-16-10/h6-7,12,17H,1-5H2,(H,13,14,15,16). The van der Waals surface area contributed by atoms with Gasteiger partial charge in [-0.05, 0) is 25.9 Å². The van der Waals surface area contributed by atoms with Crippen LogP contribution in [0.2, 0.25) is 0 Å². The summed E-state index contributed by atoms with van der Waals surface area (Å²) in [6, 6.07) is 0. The van der Waals surface area contributed by atoms with E-state index in [1.807, 2.05) is 0 Å². The Labute approximate surface area is 109 Å². The smallest absolute Gasteiger partial charge is 0.181 e. The number of H-pyrrole nitrogens is 1. The quantitative estimate of drug-likeness (QED) is 0.555. The molecule has 0 saturated carbocycles. The molecule has 6 nitrogen and oxygen atoms in total. The van der Waals surface area contributed by atoms with E-state index in [1.54, 1.807) is 18.1 Å². The van der Waals surface area contributed by atoms with E-state index in [-0.39, 0.29) is 0 Å². The van der Waals surface area contributed by atoms with E-state index in [4.69, 9.17) is 0 Å². The molecule has 0 bridgehead atoms. The summed E-state index contributed by atoms with van der Waals surface area (Å²) < 4.78 is 0. The van der Waals surface area contributed by atoms with Crippen LogP contribution in [-0.4, -0.2) is 49.5 Å². The van der Waals surface area contributed by atoms with Crippen molar-refractivity contribution in [3.8, 4) is 0 Å². The van der Waals surface area contributed by atoms with Gasteiger partial charge < -0.3 is 15.4 Å². The molecule has 1 saturated heterocycles. The second kappa shape index (κ2) is 4.83. The van der Waals surface area contributed by atoms with Crippen LogP contribution in [0, 0.1) is 0 Å². The van der Waals surface area contributed by atoms with Crippen LogP contribution in [0.15, 0.2) is 17.7 Å². The Hall–Kier alpha value is -1.18. The van der Waals surface area contributed by atoms with Gasteiger partial charge in [0.1, 0.15) is 16.9 Å². The van der Waals surface area contributed by atoms with Crippen molar-refractivity contribution in [3.05, 3.63) is 12.7 Å². The molecule has 0 aliphatic carbocycles. The molecule has 3 N–H and O–H groups in total. The van der Waals surface area contributed by atoms with Crippen LogP contribution in [0.25, 0.3) is 11.2 Å². The van der Waals surface area contributed by atoms with Gasteiger partial charge in [-0.2, -0.15) is 0 Å². The number of nitrogens with zero attached hydrogens (tertiary/aromatic N) is 3. The molecule has 1 aliphatic heterocycles. The van der Waals surface area contributed by atoms with Crippen LogP contribution < -0.4 is 5.32 Å². The lowest BCUT2D eigenvalue weighted by Crippen LogP contribution is -2.43. The van der Waals surface area contributed by atoms with Crippen molar-refractivity contribution < 1.29 is 5.11 Å². The minimum Gasteiger partial charge on any atom is -0.389 e. The van der Waals surface area contributed by atoms with Crippen molar-refractivity contribution in [2.45, 2.75) is 23.5 Å². The Balaban J connectivity index is 1.74. The first-order valence-electron chi connectivity index (χ1n) is 5.97. The second-order valence-electron chi connectivity index (χ2n) is 4.54. The molecule has 2 aromatic heterocycles. The lowest BCUT2D eigenvalue weighted by molar-refractivity contribution is 0.0339.